The third kappa shape index (κ3) is 31.7. The number of rotatable bonds is 38. The number of hydrogen-bond donors (Lipinski definition) is 5. The van der Waals surface area contributed by atoms with E-state index in [4.69, 9.17) is 18.9 Å². The summed E-state index contributed by atoms with van der Waals surface area (Å²) in [7, 11) is 2.00. The van der Waals surface area contributed by atoms with Crippen molar-refractivity contribution in [1.29, 1.82) is 0 Å². The van der Waals surface area contributed by atoms with Crippen molar-refractivity contribution in [3.05, 3.63) is 0 Å². The Morgan fingerprint density at radius 1 is 0.550 bits per heavy atom. The highest BCUT2D eigenvalue weighted by Crippen LogP contribution is 2.26. The lowest BCUT2D eigenvalue weighted by atomic mass is 9.83. The maximum absolute atomic E-state index is 13.1. The van der Waals surface area contributed by atoms with Crippen molar-refractivity contribution in [3.8, 4) is 0 Å². The molecule has 350 valence electrons. The number of nitrogens with zero attached hydrogens (tertiary/aromatic N) is 1. The molecule has 16 heteroatoms. The van der Waals surface area contributed by atoms with Gasteiger partial charge in [-0.25, -0.2) is 4.79 Å². The Morgan fingerprint density at radius 3 is 1.53 bits per heavy atom. The molecule has 60 heavy (non-hydrogen) atoms. The van der Waals surface area contributed by atoms with Gasteiger partial charge < -0.3 is 45.3 Å². The predicted octanol–water partition coefficient (Wildman–Crippen LogP) is 4.56. The zero-order valence-electron chi connectivity index (χ0n) is 38.5. The van der Waals surface area contributed by atoms with E-state index in [-0.39, 0.29) is 126 Å². The molecule has 0 aliphatic carbocycles. The van der Waals surface area contributed by atoms with Gasteiger partial charge in [-0.15, -0.1) is 0 Å². The van der Waals surface area contributed by atoms with Crippen LogP contribution in [0, 0.1) is 5.41 Å². The second-order valence-corrected chi connectivity index (χ2v) is 17.4. The molecule has 0 heterocycles. The number of carboxylic acid groups (broad SMARTS) is 1. The van der Waals surface area contributed by atoms with E-state index < -0.39 is 17.4 Å². The molecule has 1 unspecified atom stereocenters. The van der Waals surface area contributed by atoms with Crippen molar-refractivity contribution in [2.75, 3.05) is 79.5 Å². The number of carbonyl (C=O) groups is 6. The maximum atomic E-state index is 13.1. The van der Waals surface area contributed by atoms with Crippen LogP contribution in [0.3, 0.4) is 0 Å². The molecule has 0 fully saturated rings. The molecule has 0 saturated carbocycles. The standard InChI is InChI=1S/C44H83N5O11/c1-9-10-11-12-13-14-15-16-17-21-38(51)48-35(42(55)56)22-23-37(50)46-25-27-57-29-32-60-34-40(53)47-26-28-58-30-31-59-33-39(52)45-24-19-18-20-36(41(54)43(2,3)4)49(8)44(5,6)7/h35-36H,9-34H2,1-8H3,(H,45,52)(H,46,50)(H,47,53)(H,48,51)(H,55,56)/t35-,36?/m0/s1. The zero-order valence-corrected chi connectivity index (χ0v) is 38.5. The Kier molecular flexibility index (Phi) is 32.6. The highest BCUT2D eigenvalue weighted by atomic mass is 16.5. The minimum absolute atomic E-state index is 0.00846. The Morgan fingerprint density at radius 2 is 1.03 bits per heavy atom. The van der Waals surface area contributed by atoms with Crippen molar-refractivity contribution in [2.45, 2.75) is 162 Å². The van der Waals surface area contributed by atoms with Gasteiger partial charge in [0.15, 0.2) is 5.78 Å². The van der Waals surface area contributed by atoms with Gasteiger partial charge >= 0.3 is 5.97 Å². The number of Topliss-reactive ketones (excluding diaryl/α,β-unsaturated/α-hetero) is 1. The van der Waals surface area contributed by atoms with Crippen LogP contribution in [0.15, 0.2) is 0 Å². The van der Waals surface area contributed by atoms with Crippen LogP contribution < -0.4 is 21.3 Å². The van der Waals surface area contributed by atoms with Gasteiger partial charge in [-0.05, 0) is 59.9 Å². The molecule has 0 spiro atoms. The summed E-state index contributed by atoms with van der Waals surface area (Å²) in [6, 6.07) is -1.30. The molecule has 0 aliphatic rings. The summed E-state index contributed by atoms with van der Waals surface area (Å²) in [5.41, 5.74) is -0.560. The number of likely N-dealkylation sites (N-methyl/N-ethyl adjacent to an activating group) is 1. The average molecular weight is 858 g/mol. The fourth-order valence-electron chi connectivity index (χ4n) is 6.04. The third-order valence-corrected chi connectivity index (χ3v) is 9.94. The number of aliphatic carboxylic acids is 1. The van der Waals surface area contributed by atoms with Gasteiger partial charge in [0.1, 0.15) is 19.3 Å². The van der Waals surface area contributed by atoms with E-state index >= 15 is 0 Å². The van der Waals surface area contributed by atoms with Crippen LogP contribution in [-0.4, -0.2) is 143 Å². The molecular formula is C44H83N5O11. The molecular weight excluding hydrogens is 775 g/mol. The van der Waals surface area contributed by atoms with Crippen LogP contribution in [0.1, 0.15) is 145 Å². The summed E-state index contributed by atoms with van der Waals surface area (Å²) >= 11 is 0. The molecule has 0 aliphatic heterocycles. The normalized spacial score (nSPS) is 12.8. The summed E-state index contributed by atoms with van der Waals surface area (Å²) in [4.78, 5) is 75.3. The molecule has 0 bridgehead atoms. The van der Waals surface area contributed by atoms with Crippen molar-refractivity contribution < 1.29 is 52.8 Å². The second-order valence-electron chi connectivity index (χ2n) is 17.4. The monoisotopic (exact) mass is 858 g/mol. The third-order valence-electron chi connectivity index (χ3n) is 9.94. The number of carbonyl (C=O) groups excluding carboxylic acids is 5. The van der Waals surface area contributed by atoms with Gasteiger partial charge in [-0.2, -0.15) is 0 Å². The zero-order chi connectivity index (χ0) is 45.2. The molecule has 0 aromatic rings. The lowest BCUT2D eigenvalue weighted by Gasteiger charge is -2.40. The van der Waals surface area contributed by atoms with Gasteiger partial charge in [0.25, 0.3) is 0 Å². The smallest absolute Gasteiger partial charge is 0.326 e. The van der Waals surface area contributed by atoms with E-state index in [0.29, 0.717) is 6.54 Å². The van der Waals surface area contributed by atoms with Crippen molar-refractivity contribution in [1.82, 2.24) is 26.2 Å². The largest absolute Gasteiger partial charge is 0.480 e. The van der Waals surface area contributed by atoms with Crippen molar-refractivity contribution in [2.24, 2.45) is 5.41 Å². The topological polar surface area (TPSA) is 211 Å². The quantitative estimate of drug-likeness (QED) is 0.0542. The van der Waals surface area contributed by atoms with Crippen molar-refractivity contribution in [3.63, 3.8) is 0 Å². The number of nitrogens with one attached hydrogen (secondary N) is 4. The van der Waals surface area contributed by atoms with Gasteiger partial charge in [-0.3, -0.25) is 28.9 Å². The summed E-state index contributed by atoms with van der Waals surface area (Å²) in [5.74, 6) is -2.12. The molecule has 5 N–H and O–H groups in total. The second kappa shape index (κ2) is 34.4. The van der Waals surface area contributed by atoms with Crippen LogP contribution in [0.4, 0.5) is 0 Å². The highest BCUT2D eigenvalue weighted by molar-refractivity contribution is 5.88. The van der Waals surface area contributed by atoms with Gasteiger partial charge in [0.2, 0.25) is 23.6 Å². The van der Waals surface area contributed by atoms with E-state index in [9.17, 15) is 33.9 Å². The molecule has 0 aromatic carbocycles. The Bertz CT molecular complexity index is 1210. The molecule has 4 amide bonds. The summed E-state index contributed by atoms with van der Waals surface area (Å²) < 4.78 is 21.5. The first-order valence-electron chi connectivity index (χ1n) is 22.3. The first-order valence-corrected chi connectivity index (χ1v) is 22.3. The first-order chi connectivity index (χ1) is 28.4. The summed E-state index contributed by atoms with van der Waals surface area (Å²) in [5, 5.41) is 20.2. The predicted molar refractivity (Wildman–Crippen MR) is 233 cm³/mol. The van der Waals surface area contributed by atoms with Crippen LogP contribution in [0.25, 0.3) is 0 Å². The van der Waals surface area contributed by atoms with Gasteiger partial charge in [-0.1, -0.05) is 79.1 Å². The van der Waals surface area contributed by atoms with Crippen LogP contribution in [0.2, 0.25) is 0 Å². The molecule has 16 nitrogen and oxygen atoms in total. The molecule has 0 radical (unpaired) electrons. The number of ketones is 1. The van der Waals surface area contributed by atoms with Crippen LogP contribution in [-0.2, 0) is 47.7 Å². The minimum atomic E-state index is -1.17. The Labute approximate surface area is 361 Å². The number of ether oxygens (including phenoxy) is 4. The van der Waals surface area contributed by atoms with Gasteiger partial charge in [0.05, 0.1) is 45.7 Å². The number of amides is 4. The van der Waals surface area contributed by atoms with E-state index in [1.165, 1.54) is 32.1 Å². The lowest BCUT2D eigenvalue weighted by Crippen LogP contribution is -2.51. The summed E-state index contributed by atoms with van der Waals surface area (Å²) in [6.07, 6.45) is 12.7. The molecule has 2 atom stereocenters. The fourth-order valence-corrected chi connectivity index (χ4v) is 6.04. The first kappa shape index (κ1) is 56.8. The SMILES string of the molecule is CCCCCCCCCCCC(=O)N[C@@H](CCC(=O)NCCOCCOCC(=O)NCCOCCOCC(=O)NCCCCC(C(=O)C(C)(C)C)N(C)C(C)(C)C)C(=O)O. The van der Waals surface area contributed by atoms with E-state index in [1.54, 1.807) is 0 Å². The van der Waals surface area contributed by atoms with Gasteiger partial charge in [0, 0.05) is 43.4 Å². The van der Waals surface area contributed by atoms with E-state index in [2.05, 4.69) is 53.9 Å². The average Bonchev–Trinajstić information content (AvgIpc) is 3.17. The Hall–Kier alpha value is -3.18. The molecule has 0 rings (SSSR count). The van der Waals surface area contributed by atoms with E-state index in [0.717, 1.165) is 44.9 Å². The number of hydrogen-bond acceptors (Lipinski definition) is 11. The van der Waals surface area contributed by atoms with E-state index in [1.807, 2.05) is 27.8 Å². The lowest BCUT2D eigenvalue weighted by molar-refractivity contribution is -0.142. The minimum Gasteiger partial charge on any atom is -0.480 e. The molecule has 0 aromatic heterocycles. The number of carboxylic acids is 1. The number of unbranched alkanes of at least 4 members (excludes halogenated alkanes) is 9. The molecule has 0 saturated heterocycles. The van der Waals surface area contributed by atoms with Crippen LogP contribution >= 0.6 is 0 Å². The highest BCUT2D eigenvalue weighted by Gasteiger charge is 2.35. The summed E-state index contributed by atoms with van der Waals surface area (Å²) in [6.45, 7) is 16.5. The Balaban J connectivity index is 3.82. The van der Waals surface area contributed by atoms with Crippen LogP contribution in [0.5, 0.6) is 0 Å². The van der Waals surface area contributed by atoms with Crippen molar-refractivity contribution >= 4 is 35.4 Å². The maximum Gasteiger partial charge on any atom is 0.326 e. The fraction of sp³-hybridized carbons (Fsp3) is 0.864.